The Bertz CT molecular complexity index is 361. The molecule has 0 N–H and O–H groups in total. The normalized spacial score (nSPS) is 12.5. The molecule has 1 aromatic carbocycles. The second-order valence-corrected chi connectivity index (χ2v) is 3.99. The molecule has 15 heavy (non-hydrogen) atoms. The maximum absolute atomic E-state index is 10.6. The van der Waals surface area contributed by atoms with Gasteiger partial charge in [-0.15, -0.1) is 0 Å². The van der Waals surface area contributed by atoms with Crippen molar-refractivity contribution in [1.82, 2.24) is 0 Å². The Balaban J connectivity index is 2.97. The molecule has 0 aliphatic carbocycles. The first-order valence-corrected chi connectivity index (χ1v) is 5.31. The third-order valence-electron chi connectivity index (χ3n) is 2.72. The van der Waals surface area contributed by atoms with E-state index in [2.05, 4.69) is 13.8 Å². The van der Waals surface area contributed by atoms with Gasteiger partial charge in [-0.25, -0.2) is 0 Å². The lowest BCUT2D eigenvalue weighted by Crippen LogP contribution is -1.97. The molecule has 1 atom stereocenters. The largest absolute Gasteiger partial charge is 0.269 e. The zero-order valence-corrected chi connectivity index (χ0v) is 9.49. The molecule has 0 radical (unpaired) electrons. The predicted octanol–water partition coefficient (Wildman–Crippen LogP) is 3.81. The summed E-state index contributed by atoms with van der Waals surface area (Å²) in [6.45, 7) is 6.25. The Kier molecular flexibility index (Phi) is 3.83. The molecular weight excluding hydrogens is 190 g/mol. The van der Waals surface area contributed by atoms with Crippen LogP contribution in [0.25, 0.3) is 0 Å². The molecule has 0 saturated carbocycles. The van der Waals surface area contributed by atoms with Crippen LogP contribution in [0.2, 0.25) is 0 Å². The van der Waals surface area contributed by atoms with Gasteiger partial charge >= 0.3 is 0 Å². The molecule has 0 amide bonds. The van der Waals surface area contributed by atoms with Crippen LogP contribution in [-0.4, -0.2) is 4.92 Å². The van der Waals surface area contributed by atoms with Crippen LogP contribution in [0.4, 0.5) is 5.69 Å². The summed E-state index contributed by atoms with van der Waals surface area (Å²) in [5.41, 5.74) is 2.42. The Morgan fingerprint density at radius 2 is 2.13 bits per heavy atom. The third-order valence-corrected chi connectivity index (χ3v) is 2.72. The Hall–Kier alpha value is -1.38. The summed E-state index contributed by atoms with van der Waals surface area (Å²) in [6, 6.07) is 5.13. The molecular formula is C12H17NO2. The molecule has 0 aliphatic rings. The van der Waals surface area contributed by atoms with Gasteiger partial charge in [-0.2, -0.15) is 0 Å². The fraction of sp³-hybridized carbons (Fsp3) is 0.500. The molecule has 82 valence electrons. The van der Waals surface area contributed by atoms with Crippen molar-refractivity contribution in [2.75, 3.05) is 0 Å². The van der Waals surface area contributed by atoms with E-state index in [1.807, 2.05) is 13.0 Å². The second kappa shape index (κ2) is 4.91. The summed E-state index contributed by atoms with van der Waals surface area (Å²) in [7, 11) is 0. The average molecular weight is 207 g/mol. The van der Waals surface area contributed by atoms with Gasteiger partial charge in [0.05, 0.1) is 4.92 Å². The lowest BCUT2D eigenvalue weighted by Gasteiger charge is -2.13. The van der Waals surface area contributed by atoms with E-state index < -0.39 is 0 Å². The van der Waals surface area contributed by atoms with E-state index >= 15 is 0 Å². The minimum Gasteiger partial charge on any atom is -0.258 e. The third kappa shape index (κ3) is 2.78. The molecule has 1 unspecified atom stereocenters. The minimum atomic E-state index is -0.346. The minimum absolute atomic E-state index is 0.181. The van der Waals surface area contributed by atoms with Crippen molar-refractivity contribution in [3.8, 4) is 0 Å². The number of nitro benzene ring substituents is 1. The van der Waals surface area contributed by atoms with Crippen LogP contribution in [0, 0.1) is 17.0 Å². The number of hydrogen-bond acceptors (Lipinski definition) is 2. The summed E-state index contributed by atoms with van der Waals surface area (Å²) < 4.78 is 0. The fourth-order valence-corrected chi connectivity index (χ4v) is 1.91. The van der Waals surface area contributed by atoms with Gasteiger partial charge in [-0.1, -0.05) is 26.3 Å². The van der Waals surface area contributed by atoms with E-state index in [0.29, 0.717) is 5.92 Å². The van der Waals surface area contributed by atoms with Crippen molar-refractivity contribution in [2.24, 2.45) is 0 Å². The van der Waals surface area contributed by atoms with Gasteiger partial charge in [0.15, 0.2) is 0 Å². The first-order valence-electron chi connectivity index (χ1n) is 5.31. The SMILES string of the molecule is CCCC(C)c1ccc([N+](=O)[O-])cc1C. The first-order chi connectivity index (χ1) is 7.06. The van der Waals surface area contributed by atoms with Crippen LogP contribution in [0.15, 0.2) is 18.2 Å². The topological polar surface area (TPSA) is 43.1 Å². The zero-order chi connectivity index (χ0) is 11.4. The fourth-order valence-electron chi connectivity index (χ4n) is 1.91. The Morgan fingerprint density at radius 1 is 1.47 bits per heavy atom. The van der Waals surface area contributed by atoms with Crippen molar-refractivity contribution in [3.05, 3.63) is 39.4 Å². The number of nitrogens with zero attached hydrogens (tertiary/aromatic N) is 1. The van der Waals surface area contributed by atoms with Gasteiger partial charge in [0.25, 0.3) is 5.69 Å². The van der Waals surface area contributed by atoms with Gasteiger partial charge in [0, 0.05) is 12.1 Å². The smallest absolute Gasteiger partial charge is 0.258 e. The zero-order valence-electron chi connectivity index (χ0n) is 9.49. The van der Waals surface area contributed by atoms with E-state index in [-0.39, 0.29) is 10.6 Å². The van der Waals surface area contributed by atoms with Gasteiger partial charge in [0.1, 0.15) is 0 Å². The highest BCUT2D eigenvalue weighted by molar-refractivity contribution is 5.40. The Morgan fingerprint density at radius 3 is 2.60 bits per heavy atom. The maximum Gasteiger partial charge on any atom is 0.269 e. The number of benzene rings is 1. The molecule has 3 heteroatoms. The van der Waals surface area contributed by atoms with E-state index in [9.17, 15) is 10.1 Å². The summed E-state index contributed by atoms with van der Waals surface area (Å²) in [4.78, 5) is 10.2. The van der Waals surface area contributed by atoms with Gasteiger partial charge in [0.2, 0.25) is 0 Å². The molecule has 3 nitrogen and oxygen atoms in total. The van der Waals surface area contributed by atoms with Crippen LogP contribution >= 0.6 is 0 Å². The highest BCUT2D eigenvalue weighted by atomic mass is 16.6. The quantitative estimate of drug-likeness (QED) is 0.556. The van der Waals surface area contributed by atoms with Crippen molar-refractivity contribution in [1.29, 1.82) is 0 Å². The second-order valence-electron chi connectivity index (χ2n) is 3.99. The van der Waals surface area contributed by atoms with Gasteiger partial charge in [-0.05, 0) is 30.4 Å². The highest BCUT2D eigenvalue weighted by Crippen LogP contribution is 2.26. The molecule has 0 aromatic heterocycles. The number of rotatable bonds is 4. The lowest BCUT2D eigenvalue weighted by molar-refractivity contribution is -0.384. The van der Waals surface area contributed by atoms with Crippen LogP contribution in [0.3, 0.4) is 0 Å². The number of nitro groups is 1. The van der Waals surface area contributed by atoms with Crippen LogP contribution in [-0.2, 0) is 0 Å². The molecule has 0 aliphatic heterocycles. The summed E-state index contributed by atoms with van der Waals surface area (Å²) in [5.74, 6) is 0.482. The average Bonchev–Trinajstić information content (AvgIpc) is 2.17. The molecule has 0 bridgehead atoms. The summed E-state index contributed by atoms with van der Waals surface area (Å²) >= 11 is 0. The van der Waals surface area contributed by atoms with Crippen molar-refractivity contribution < 1.29 is 4.92 Å². The molecule has 0 saturated heterocycles. The van der Waals surface area contributed by atoms with Crippen LogP contribution in [0.1, 0.15) is 43.7 Å². The molecule has 1 rings (SSSR count). The lowest BCUT2D eigenvalue weighted by atomic mass is 9.92. The molecule has 1 aromatic rings. The summed E-state index contributed by atoms with van der Waals surface area (Å²) in [6.07, 6.45) is 2.26. The van der Waals surface area contributed by atoms with Gasteiger partial charge in [-0.3, -0.25) is 10.1 Å². The van der Waals surface area contributed by atoms with E-state index in [4.69, 9.17) is 0 Å². The van der Waals surface area contributed by atoms with Crippen molar-refractivity contribution in [2.45, 2.75) is 39.5 Å². The van der Waals surface area contributed by atoms with Crippen molar-refractivity contribution >= 4 is 5.69 Å². The molecule has 0 spiro atoms. The highest BCUT2D eigenvalue weighted by Gasteiger charge is 2.11. The molecule has 0 heterocycles. The predicted molar refractivity (Wildman–Crippen MR) is 61.2 cm³/mol. The van der Waals surface area contributed by atoms with E-state index in [0.717, 1.165) is 18.4 Å². The van der Waals surface area contributed by atoms with E-state index in [1.54, 1.807) is 12.1 Å². The number of hydrogen-bond donors (Lipinski definition) is 0. The van der Waals surface area contributed by atoms with Crippen molar-refractivity contribution in [3.63, 3.8) is 0 Å². The van der Waals surface area contributed by atoms with Gasteiger partial charge < -0.3 is 0 Å². The molecule has 0 fully saturated rings. The first kappa shape index (κ1) is 11.7. The standard InChI is InChI=1S/C12H17NO2/c1-4-5-9(2)12-7-6-11(13(14)15)8-10(12)3/h6-9H,4-5H2,1-3H3. The maximum atomic E-state index is 10.6. The van der Waals surface area contributed by atoms with Crippen LogP contribution < -0.4 is 0 Å². The van der Waals surface area contributed by atoms with Crippen LogP contribution in [0.5, 0.6) is 0 Å². The number of aryl methyl sites for hydroxylation is 1. The van der Waals surface area contributed by atoms with E-state index in [1.165, 1.54) is 5.56 Å². The Labute approximate surface area is 90.3 Å². The summed E-state index contributed by atoms with van der Waals surface area (Å²) in [5, 5.41) is 10.6. The monoisotopic (exact) mass is 207 g/mol. The number of non-ortho nitro benzene ring substituents is 1.